The van der Waals surface area contributed by atoms with E-state index in [1.807, 2.05) is 25.3 Å². The summed E-state index contributed by atoms with van der Waals surface area (Å²) in [6.07, 6.45) is 4.29. The summed E-state index contributed by atoms with van der Waals surface area (Å²) in [4.78, 5) is 22.7. The van der Waals surface area contributed by atoms with Crippen LogP contribution in [0.3, 0.4) is 0 Å². The number of nitrogens with one attached hydrogen (secondary N) is 1. The summed E-state index contributed by atoms with van der Waals surface area (Å²) < 4.78 is 0. The summed E-state index contributed by atoms with van der Waals surface area (Å²) in [7, 11) is 0. The number of carbonyl (C=O) groups is 1. The maximum absolute atomic E-state index is 12.0. The van der Waals surface area contributed by atoms with Crippen LogP contribution in [0, 0.1) is 6.92 Å². The molecule has 104 valence electrons. The molecule has 3 heterocycles. The fourth-order valence-corrected chi connectivity index (χ4v) is 2.86. The van der Waals surface area contributed by atoms with Crippen LogP contribution in [0.2, 0.25) is 0 Å². The van der Waals surface area contributed by atoms with E-state index in [0.29, 0.717) is 11.5 Å². The van der Waals surface area contributed by atoms with Gasteiger partial charge in [-0.25, -0.2) is 9.97 Å². The van der Waals surface area contributed by atoms with Crippen molar-refractivity contribution in [1.82, 2.24) is 9.97 Å². The van der Waals surface area contributed by atoms with Crippen LogP contribution in [0.5, 0.6) is 0 Å². The highest BCUT2D eigenvalue weighted by atomic mass is 32.1. The van der Waals surface area contributed by atoms with Gasteiger partial charge in [-0.2, -0.15) is 0 Å². The van der Waals surface area contributed by atoms with E-state index in [9.17, 15) is 4.79 Å². The Balaban J connectivity index is 1.67. The Kier molecular flexibility index (Phi) is 3.64. The van der Waals surface area contributed by atoms with E-state index in [1.165, 1.54) is 24.2 Å². The number of carbonyl (C=O) groups excluding carboxylic acids is 1. The van der Waals surface area contributed by atoms with E-state index < -0.39 is 0 Å². The van der Waals surface area contributed by atoms with Gasteiger partial charge in [-0.3, -0.25) is 4.79 Å². The predicted molar refractivity (Wildman–Crippen MR) is 80.5 cm³/mol. The molecule has 2 aromatic heterocycles. The van der Waals surface area contributed by atoms with Gasteiger partial charge >= 0.3 is 0 Å². The van der Waals surface area contributed by atoms with E-state index in [1.54, 1.807) is 5.38 Å². The second-order valence-corrected chi connectivity index (χ2v) is 5.86. The van der Waals surface area contributed by atoms with Crippen LogP contribution in [0.4, 0.5) is 11.5 Å². The molecule has 3 rings (SSSR count). The summed E-state index contributed by atoms with van der Waals surface area (Å²) in [5.41, 5.74) is 1.56. The summed E-state index contributed by atoms with van der Waals surface area (Å²) >= 11 is 1.46. The molecule has 0 radical (unpaired) electrons. The maximum Gasteiger partial charge on any atom is 0.276 e. The minimum atomic E-state index is -0.212. The predicted octanol–water partition coefficient (Wildman–Crippen LogP) is 2.70. The first-order valence-electron chi connectivity index (χ1n) is 6.67. The molecular formula is C14H16N4OS. The van der Waals surface area contributed by atoms with E-state index in [4.69, 9.17) is 0 Å². The number of pyridine rings is 1. The zero-order valence-electron chi connectivity index (χ0n) is 11.3. The molecule has 0 aliphatic carbocycles. The van der Waals surface area contributed by atoms with Crippen LogP contribution in [-0.2, 0) is 0 Å². The molecule has 0 aromatic carbocycles. The number of anilines is 2. The molecule has 0 saturated carbocycles. The van der Waals surface area contributed by atoms with Gasteiger partial charge in [-0.05, 0) is 31.9 Å². The Morgan fingerprint density at radius 3 is 2.75 bits per heavy atom. The number of hydrogen-bond acceptors (Lipinski definition) is 5. The Morgan fingerprint density at radius 2 is 2.15 bits per heavy atom. The van der Waals surface area contributed by atoms with E-state index in [0.717, 1.165) is 23.8 Å². The molecule has 2 aromatic rings. The first kappa shape index (κ1) is 13.1. The number of nitrogens with zero attached hydrogens (tertiary/aromatic N) is 3. The molecule has 1 fully saturated rings. The first-order chi connectivity index (χ1) is 9.72. The summed E-state index contributed by atoms with van der Waals surface area (Å²) in [6, 6.07) is 3.84. The van der Waals surface area contributed by atoms with Crippen LogP contribution >= 0.6 is 11.3 Å². The van der Waals surface area contributed by atoms with Crippen LogP contribution < -0.4 is 10.2 Å². The summed E-state index contributed by atoms with van der Waals surface area (Å²) in [6.45, 7) is 4.06. The number of aromatic nitrogens is 2. The highest BCUT2D eigenvalue weighted by molar-refractivity contribution is 7.09. The topological polar surface area (TPSA) is 58.1 Å². The molecule has 0 unspecified atom stereocenters. The largest absolute Gasteiger partial charge is 0.370 e. The lowest BCUT2D eigenvalue weighted by Gasteiger charge is -2.17. The number of aryl methyl sites for hydroxylation is 1. The van der Waals surface area contributed by atoms with Crippen LogP contribution in [0.25, 0.3) is 0 Å². The fraction of sp³-hybridized carbons (Fsp3) is 0.357. The normalized spacial score (nSPS) is 14.6. The Labute approximate surface area is 121 Å². The van der Waals surface area contributed by atoms with Crippen molar-refractivity contribution in [1.29, 1.82) is 0 Å². The fourth-order valence-electron chi connectivity index (χ4n) is 2.27. The molecule has 20 heavy (non-hydrogen) atoms. The summed E-state index contributed by atoms with van der Waals surface area (Å²) in [5.74, 6) is 0.347. The molecule has 1 amide bonds. The average Bonchev–Trinajstić information content (AvgIpc) is 3.10. The van der Waals surface area contributed by atoms with Crippen molar-refractivity contribution < 1.29 is 4.79 Å². The zero-order valence-corrected chi connectivity index (χ0v) is 12.1. The molecule has 0 bridgehead atoms. The third-order valence-corrected chi connectivity index (χ3v) is 4.09. The van der Waals surface area contributed by atoms with Gasteiger partial charge < -0.3 is 10.2 Å². The molecule has 0 spiro atoms. The van der Waals surface area contributed by atoms with Crippen LogP contribution in [0.15, 0.2) is 23.7 Å². The lowest BCUT2D eigenvalue weighted by Crippen LogP contribution is -2.18. The van der Waals surface area contributed by atoms with Gasteiger partial charge in [0.1, 0.15) is 11.5 Å². The smallest absolute Gasteiger partial charge is 0.276 e. The third-order valence-electron chi connectivity index (χ3n) is 3.31. The standard InChI is InChI=1S/C14H16N4OS/c1-10-16-12(9-20-10)14(19)17-13-5-4-11(8-15-13)18-6-2-3-7-18/h4-5,8-9H,2-3,6-7H2,1H3,(H,15,17,19). The molecule has 1 aliphatic heterocycles. The number of amides is 1. The molecule has 1 aliphatic rings. The van der Waals surface area contributed by atoms with Crippen LogP contribution in [-0.4, -0.2) is 29.0 Å². The quantitative estimate of drug-likeness (QED) is 0.943. The van der Waals surface area contributed by atoms with E-state index >= 15 is 0 Å². The Morgan fingerprint density at radius 1 is 1.35 bits per heavy atom. The minimum absolute atomic E-state index is 0.212. The lowest BCUT2D eigenvalue weighted by molar-refractivity contribution is 0.102. The maximum atomic E-state index is 12.0. The average molecular weight is 288 g/mol. The molecule has 0 atom stereocenters. The highest BCUT2D eigenvalue weighted by Gasteiger charge is 2.13. The Bertz CT molecular complexity index is 602. The highest BCUT2D eigenvalue weighted by Crippen LogP contribution is 2.20. The Hall–Kier alpha value is -1.95. The van der Waals surface area contributed by atoms with Gasteiger partial charge in [0.25, 0.3) is 5.91 Å². The number of thiazole rings is 1. The second kappa shape index (κ2) is 5.58. The van der Waals surface area contributed by atoms with E-state index in [2.05, 4.69) is 20.2 Å². The minimum Gasteiger partial charge on any atom is -0.370 e. The summed E-state index contributed by atoms with van der Waals surface area (Å²) in [5, 5.41) is 5.40. The van der Waals surface area contributed by atoms with Crippen molar-refractivity contribution in [3.05, 3.63) is 34.4 Å². The van der Waals surface area contributed by atoms with Gasteiger partial charge in [0.2, 0.25) is 0 Å². The first-order valence-corrected chi connectivity index (χ1v) is 7.55. The van der Waals surface area contributed by atoms with E-state index in [-0.39, 0.29) is 5.91 Å². The van der Waals surface area contributed by atoms with Crippen molar-refractivity contribution in [2.24, 2.45) is 0 Å². The van der Waals surface area contributed by atoms with Gasteiger partial charge in [-0.15, -0.1) is 11.3 Å². The second-order valence-electron chi connectivity index (χ2n) is 4.80. The molecule has 5 nitrogen and oxygen atoms in total. The molecule has 6 heteroatoms. The SMILES string of the molecule is Cc1nc(C(=O)Nc2ccc(N3CCCC3)cn2)cs1. The van der Waals surface area contributed by atoms with Crippen molar-refractivity contribution in [3.63, 3.8) is 0 Å². The third kappa shape index (κ3) is 2.80. The van der Waals surface area contributed by atoms with Crippen molar-refractivity contribution >= 4 is 28.7 Å². The van der Waals surface area contributed by atoms with Crippen LogP contribution in [0.1, 0.15) is 28.3 Å². The molecule has 1 N–H and O–H groups in total. The molecule has 1 saturated heterocycles. The number of rotatable bonds is 3. The van der Waals surface area contributed by atoms with Crippen molar-refractivity contribution in [3.8, 4) is 0 Å². The van der Waals surface area contributed by atoms with Gasteiger partial charge in [0.05, 0.1) is 16.9 Å². The zero-order chi connectivity index (χ0) is 13.9. The van der Waals surface area contributed by atoms with Crippen molar-refractivity contribution in [2.75, 3.05) is 23.3 Å². The van der Waals surface area contributed by atoms with Crippen molar-refractivity contribution in [2.45, 2.75) is 19.8 Å². The monoisotopic (exact) mass is 288 g/mol. The number of hydrogen-bond donors (Lipinski definition) is 1. The van der Waals surface area contributed by atoms with Gasteiger partial charge in [-0.1, -0.05) is 0 Å². The van der Waals surface area contributed by atoms with Gasteiger partial charge in [0.15, 0.2) is 0 Å². The van der Waals surface area contributed by atoms with Gasteiger partial charge in [0, 0.05) is 18.5 Å². The lowest BCUT2D eigenvalue weighted by atomic mass is 10.3. The molecular weight excluding hydrogens is 272 g/mol.